The molecule has 0 saturated carbocycles. The number of anilines is 1. The van der Waals surface area contributed by atoms with Crippen molar-refractivity contribution in [1.82, 2.24) is 9.88 Å². The van der Waals surface area contributed by atoms with Crippen LogP contribution in [0.2, 0.25) is 0 Å². The van der Waals surface area contributed by atoms with Crippen molar-refractivity contribution in [2.24, 2.45) is 0 Å². The summed E-state index contributed by atoms with van der Waals surface area (Å²) in [6, 6.07) is 14.2. The van der Waals surface area contributed by atoms with Crippen LogP contribution in [0.5, 0.6) is 5.75 Å². The van der Waals surface area contributed by atoms with Gasteiger partial charge in [-0.05, 0) is 57.0 Å². The molecule has 1 aromatic carbocycles. The van der Waals surface area contributed by atoms with Gasteiger partial charge in [-0.1, -0.05) is 30.3 Å². The number of hydrogen-bond acceptors (Lipinski definition) is 5. The Morgan fingerprint density at radius 2 is 1.81 bits per heavy atom. The van der Waals surface area contributed by atoms with Crippen LogP contribution in [0.3, 0.4) is 0 Å². The van der Waals surface area contributed by atoms with Crippen molar-refractivity contribution >= 4 is 5.82 Å². The minimum Gasteiger partial charge on any atom is -0.493 e. The summed E-state index contributed by atoms with van der Waals surface area (Å²) in [5.74, 6) is 1.68. The highest BCUT2D eigenvalue weighted by Crippen LogP contribution is 2.39. The third-order valence-electron chi connectivity index (χ3n) is 6.06. The van der Waals surface area contributed by atoms with Crippen LogP contribution >= 0.6 is 0 Å². The average Bonchev–Trinajstić information content (AvgIpc) is 3.23. The van der Waals surface area contributed by atoms with Gasteiger partial charge in [0.15, 0.2) is 11.6 Å². The van der Waals surface area contributed by atoms with E-state index in [1.165, 1.54) is 12.8 Å². The molecule has 1 N–H and O–H groups in total. The molecule has 5 heteroatoms. The van der Waals surface area contributed by atoms with Crippen LogP contribution < -0.4 is 9.64 Å². The van der Waals surface area contributed by atoms with Gasteiger partial charge in [-0.3, -0.25) is 4.90 Å². The molecule has 0 radical (unpaired) electrons. The van der Waals surface area contributed by atoms with Crippen molar-refractivity contribution < 1.29 is 9.84 Å². The Hall–Kier alpha value is -2.11. The van der Waals surface area contributed by atoms with Crippen LogP contribution in [-0.4, -0.2) is 54.3 Å². The molecular formula is C22H29N3O2. The fraction of sp³-hybridized carbons (Fsp3) is 0.500. The van der Waals surface area contributed by atoms with E-state index >= 15 is 0 Å². The Morgan fingerprint density at radius 1 is 1.07 bits per heavy atom. The molecule has 0 unspecified atom stereocenters. The van der Waals surface area contributed by atoms with E-state index in [4.69, 9.17) is 9.72 Å². The van der Waals surface area contributed by atoms with E-state index in [0.717, 1.165) is 49.0 Å². The number of piperidine rings is 1. The maximum absolute atomic E-state index is 11.8. The second-order valence-electron chi connectivity index (χ2n) is 7.72. The molecule has 4 rings (SSSR count). The van der Waals surface area contributed by atoms with Gasteiger partial charge in [-0.25, -0.2) is 4.98 Å². The maximum atomic E-state index is 11.8. The Labute approximate surface area is 161 Å². The summed E-state index contributed by atoms with van der Waals surface area (Å²) >= 11 is 0. The molecule has 0 amide bonds. The van der Waals surface area contributed by atoms with Gasteiger partial charge in [0.2, 0.25) is 0 Å². The zero-order valence-corrected chi connectivity index (χ0v) is 16.3. The molecule has 3 heterocycles. The first-order valence-electron chi connectivity index (χ1n) is 9.90. The molecule has 2 aromatic rings. The van der Waals surface area contributed by atoms with Gasteiger partial charge in [0, 0.05) is 18.8 Å². The van der Waals surface area contributed by atoms with Crippen molar-refractivity contribution in [2.45, 2.75) is 37.8 Å². The minimum absolute atomic E-state index is 0.0446. The molecule has 2 aliphatic rings. The Balaban J connectivity index is 1.68. The van der Waals surface area contributed by atoms with Crippen LogP contribution in [0.1, 0.15) is 30.5 Å². The first-order valence-corrected chi connectivity index (χ1v) is 9.90. The normalized spacial score (nSPS) is 26.3. The highest BCUT2D eigenvalue weighted by Gasteiger charge is 2.46. The number of hydrogen-bond donors (Lipinski definition) is 1. The molecule has 0 spiro atoms. The van der Waals surface area contributed by atoms with Crippen molar-refractivity contribution in [2.75, 3.05) is 38.2 Å². The van der Waals surface area contributed by atoms with Crippen molar-refractivity contribution in [3.05, 3.63) is 53.7 Å². The topological polar surface area (TPSA) is 48.8 Å². The standard InChI is InChI=1S/C22H29N3O2/c1-17-10-11-19(27-2)21(23-17)25-15-12-22(26,18-8-4-3-5-9-18)20(16-25)24-13-6-7-14-24/h3-5,8-11,20,26H,6-7,12-16H2,1-2H3/t20-,22+/m1/s1. The van der Waals surface area contributed by atoms with Crippen molar-refractivity contribution in [3.63, 3.8) is 0 Å². The molecule has 2 fully saturated rings. The van der Waals surface area contributed by atoms with Crippen molar-refractivity contribution in [1.29, 1.82) is 0 Å². The van der Waals surface area contributed by atoms with Crippen LogP contribution in [0.4, 0.5) is 5.82 Å². The Kier molecular flexibility index (Phi) is 5.06. The Morgan fingerprint density at radius 3 is 2.52 bits per heavy atom. The van der Waals surface area contributed by atoms with Gasteiger partial charge >= 0.3 is 0 Å². The van der Waals surface area contributed by atoms with Crippen LogP contribution in [-0.2, 0) is 5.60 Å². The molecule has 2 atom stereocenters. The molecule has 0 bridgehead atoms. The van der Waals surface area contributed by atoms with E-state index in [1.807, 2.05) is 37.3 Å². The van der Waals surface area contributed by atoms with Gasteiger partial charge in [0.25, 0.3) is 0 Å². The minimum atomic E-state index is -0.834. The largest absolute Gasteiger partial charge is 0.493 e. The van der Waals surface area contributed by atoms with Crippen LogP contribution in [0.15, 0.2) is 42.5 Å². The molecule has 1 aromatic heterocycles. The summed E-state index contributed by atoms with van der Waals surface area (Å²) in [4.78, 5) is 9.49. The number of methoxy groups -OCH3 is 1. The van der Waals surface area contributed by atoms with Crippen LogP contribution in [0.25, 0.3) is 0 Å². The zero-order valence-electron chi connectivity index (χ0n) is 16.3. The van der Waals surface area contributed by atoms with Crippen molar-refractivity contribution in [3.8, 4) is 5.75 Å². The van der Waals surface area contributed by atoms with E-state index in [2.05, 4.69) is 21.9 Å². The summed E-state index contributed by atoms with van der Waals surface area (Å²) in [6.45, 7) is 5.60. The van der Waals surface area contributed by atoms with E-state index in [0.29, 0.717) is 6.42 Å². The summed E-state index contributed by atoms with van der Waals surface area (Å²) in [5, 5.41) is 11.8. The highest BCUT2D eigenvalue weighted by molar-refractivity contribution is 5.54. The third-order valence-corrected chi connectivity index (χ3v) is 6.06. The summed E-state index contributed by atoms with van der Waals surface area (Å²) in [5.41, 5.74) is 1.16. The number of aliphatic hydroxyl groups is 1. The van der Waals surface area contributed by atoms with E-state index in [-0.39, 0.29) is 6.04 Å². The predicted octanol–water partition coefficient (Wildman–Crippen LogP) is 2.96. The summed E-state index contributed by atoms with van der Waals surface area (Å²) < 4.78 is 5.57. The van der Waals surface area contributed by atoms with Gasteiger partial charge < -0.3 is 14.7 Å². The number of aryl methyl sites for hydroxylation is 1. The molecule has 0 aliphatic carbocycles. The monoisotopic (exact) mass is 367 g/mol. The first kappa shape index (κ1) is 18.3. The lowest BCUT2D eigenvalue weighted by Crippen LogP contribution is -2.60. The van der Waals surface area contributed by atoms with Crippen LogP contribution in [0, 0.1) is 6.92 Å². The second kappa shape index (κ2) is 7.49. The molecule has 2 aliphatic heterocycles. The number of nitrogens with zero attached hydrogens (tertiary/aromatic N) is 3. The lowest BCUT2D eigenvalue weighted by atomic mass is 9.79. The van der Waals surface area contributed by atoms with E-state index < -0.39 is 5.60 Å². The maximum Gasteiger partial charge on any atom is 0.171 e. The zero-order chi connectivity index (χ0) is 18.9. The SMILES string of the molecule is COc1ccc(C)nc1N1CC[C@](O)(c2ccccc2)[C@H](N2CCCC2)C1. The molecule has 144 valence electrons. The van der Waals surface area contributed by atoms with E-state index in [1.54, 1.807) is 7.11 Å². The highest BCUT2D eigenvalue weighted by atomic mass is 16.5. The lowest BCUT2D eigenvalue weighted by Gasteiger charge is -2.49. The first-order chi connectivity index (χ1) is 13.1. The smallest absolute Gasteiger partial charge is 0.171 e. The predicted molar refractivity (Wildman–Crippen MR) is 107 cm³/mol. The number of aromatic nitrogens is 1. The third kappa shape index (κ3) is 3.42. The summed E-state index contributed by atoms with van der Waals surface area (Å²) in [6.07, 6.45) is 3.08. The van der Waals surface area contributed by atoms with Gasteiger partial charge in [-0.2, -0.15) is 0 Å². The number of benzene rings is 1. The average molecular weight is 367 g/mol. The molecule has 2 saturated heterocycles. The van der Waals surface area contributed by atoms with E-state index in [9.17, 15) is 5.11 Å². The molecule has 5 nitrogen and oxygen atoms in total. The second-order valence-corrected chi connectivity index (χ2v) is 7.72. The lowest BCUT2D eigenvalue weighted by molar-refractivity contribution is -0.0603. The number of rotatable bonds is 4. The fourth-order valence-corrected chi connectivity index (χ4v) is 4.57. The number of ether oxygens (including phenoxy) is 1. The fourth-order valence-electron chi connectivity index (χ4n) is 4.57. The number of likely N-dealkylation sites (tertiary alicyclic amines) is 1. The number of pyridine rings is 1. The molecular weight excluding hydrogens is 338 g/mol. The quantitative estimate of drug-likeness (QED) is 0.900. The van der Waals surface area contributed by atoms with Gasteiger partial charge in [-0.15, -0.1) is 0 Å². The van der Waals surface area contributed by atoms with Gasteiger partial charge in [0.1, 0.15) is 5.60 Å². The summed E-state index contributed by atoms with van der Waals surface area (Å²) in [7, 11) is 1.69. The Bertz CT molecular complexity index is 776. The molecule has 27 heavy (non-hydrogen) atoms. The van der Waals surface area contributed by atoms with Gasteiger partial charge in [0.05, 0.1) is 13.2 Å².